The van der Waals surface area contributed by atoms with E-state index in [9.17, 15) is 14.4 Å². The van der Waals surface area contributed by atoms with Crippen LogP contribution in [0.5, 0.6) is 5.75 Å². The van der Waals surface area contributed by atoms with Gasteiger partial charge in [0.2, 0.25) is 11.8 Å². The molecule has 0 aliphatic rings. The van der Waals surface area contributed by atoms with Gasteiger partial charge in [0.05, 0.1) is 26.6 Å². The molecule has 1 rings (SSSR count). The average molecular weight is 336 g/mol. The average Bonchev–Trinajstić information content (AvgIpc) is 2.58. The molecule has 0 unspecified atom stereocenters. The number of hydrogen-bond donors (Lipinski definition) is 1. The zero-order valence-corrected chi connectivity index (χ0v) is 14.1. The largest absolute Gasteiger partial charge is 0.493 e. The van der Waals surface area contributed by atoms with E-state index in [1.807, 2.05) is 30.3 Å². The predicted molar refractivity (Wildman–Crippen MR) is 88.5 cm³/mol. The van der Waals surface area contributed by atoms with Gasteiger partial charge in [-0.05, 0) is 12.1 Å². The Bertz CT molecular complexity index is 533. The highest BCUT2D eigenvalue weighted by molar-refractivity contribution is 5.77. The van der Waals surface area contributed by atoms with Gasteiger partial charge in [0.15, 0.2) is 0 Å². The Hall–Kier alpha value is -2.57. The van der Waals surface area contributed by atoms with E-state index >= 15 is 0 Å². The lowest BCUT2D eigenvalue weighted by Crippen LogP contribution is -2.39. The van der Waals surface area contributed by atoms with Crippen LogP contribution in [0.4, 0.5) is 0 Å². The Balaban J connectivity index is 2.44. The van der Waals surface area contributed by atoms with Gasteiger partial charge in [0.25, 0.3) is 0 Å². The maximum Gasteiger partial charge on any atom is 0.307 e. The number of carbonyl (C=O) groups is 3. The summed E-state index contributed by atoms with van der Waals surface area (Å²) in [5, 5.41) is 2.63. The molecule has 0 aromatic heterocycles. The summed E-state index contributed by atoms with van der Waals surface area (Å²) in [6, 6.07) is 9.22. The first kappa shape index (κ1) is 19.5. The molecule has 0 bridgehead atoms. The standard InChI is InChI=1S/C17H24N2O5/c1-14(20)18-10-12-19(11-8-17(22)23-2)16(21)9-13-24-15-6-4-3-5-7-15/h3-7H,8-13H2,1-2H3,(H,18,20). The molecule has 0 heterocycles. The number of rotatable bonds is 10. The second-order valence-corrected chi connectivity index (χ2v) is 5.10. The summed E-state index contributed by atoms with van der Waals surface area (Å²) in [5.41, 5.74) is 0. The van der Waals surface area contributed by atoms with Crippen molar-refractivity contribution >= 4 is 17.8 Å². The van der Waals surface area contributed by atoms with Gasteiger partial charge >= 0.3 is 5.97 Å². The zero-order chi connectivity index (χ0) is 17.8. The number of nitrogens with zero attached hydrogens (tertiary/aromatic N) is 1. The van der Waals surface area contributed by atoms with Crippen molar-refractivity contribution in [3.05, 3.63) is 30.3 Å². The van der Waals surface area contributed by atoms with Gasteiger partial charge in [0, 0.05) is 26.6 Å². The SMILES string of the molecule is COC(=O)CCN(CCNC(C)=O)C(=O)CCOc1ccccc1. The summed E-state index contributed by atoms with van der Waals surface area (Å²) < 4.78 is 10.1. The lowest BCUT2D eigenvalue weighted by atomic mass is 10.3. The minimum Gasteiger partial charge on any atom is -0.493 e. The van der Waals surface area contributed by atoms with E-state index in [0.717, 1.165) is 0 Å². The molecule has 0 aliphatic carbocycles. The molecule has 132 valence electrons. The van der Waals surface area contributed by atoms with E-state index in [2.05, 4.69) is 10.1 Å². The molecule has 24 heavy (non-hydrogen) atoms. The van der Waals surface area contributed by atoms with Crippen LogP contribution >= 0.6 is 0 Å². The van der Waals surface area contributed by atoms with E-state index < -0.39 is 0 Å². The van der Waals surface area contributed by atoms with Crippen LogP contribution in [0.15, 0.2) is 30.3 Å². The smallest absolute Gasteiger partial charge is 0.307 e. The number of para-hydroxylation sites is 1. The van der Waals surface area contributed by atoms with Crippen LogP contribution in [-0.2, 0) is 19.1 Å². The fourth-order valence-electron chi connectivity index (χ4n) is 1.99. The van der Waals surface area contributed by atoms with Crippen molar-refractivity contribution in [2.24, 2.45) is 0 Å². The molecule has 1 aromatic carbocycles. The van der Waals surface area contributed by atoms with Gasteiger partial charge in [-0.3, -0.25) is 14.4 Å². The number of benzene rings is 1. The summed E-state index contributed by atoms with van der Waals surface area (Å²) >= 11 is 0. The van der Waals surface area contributed by atoms with Crippen molar-refractivity contribution in [2.45, 2.75) is 19.8 Å². The fourth-order valence-corrected chi connectivity index (χ4v) is 1.99. The monoisotopic (exact) mass is 336 g/mol. The molecule has 0 saturated heterocycles. The van der Waals surface area contributed by atoms with Gasteiger partial charge < -0.3 is 19.7 Å². The minimum atomic E-state index is -0.382. The lowest BCUT2D eigenvalue weighted by molar-refractivity contribution is -0.142. The second kappa shape index (κ2) is 11.0. The first-order valence-electron chi connectivity index (χ1n) is 7.79. The maximum absolute atomic E-state index is 12.3. The van der Waals surface area contributed by atoms with E-state index in [4.69, 9.17) is 4.74 Å². The summed E-state index contributed by atoms with van der Waals surface area (Å²) in [7, 11) is 1.31. The van der Waals surface area contributed by atoms with Crippen molar-refractivity contribution in [3.63, 3.8) is 0 Å². The molecule has 0 atom stereocenters. The molecule has 1 N–H and O–H groups in total. The third-order valence-corrected chi connectivity index (χ3v) is 3.25. The summed E-state index contributed by atoms with van der Waals surface area (Å²) in [6.45, 7) is 2.57. The zero-order valence-electron chi connectivity index (χ0n) is 14.1. The van der Waals surface area contributed by atoms with Gasteiger partial charge in [-0.2, -0.15) is 0 Å². The van der Waals surface area contributed by atoms with E-state index in [1.165, 1.54) is 18.9 Å². The van der Waals surface area contributed by atoms with E-state index in [0.29, 0.717) is 18.8 Å². The van der Waals surface area contributed by atoms with E-state index in [-0.39, 0.29) is 43.8 Å². The summed E-state index contributed by atoms with van der Waals surface area (Å²) in [4.78, 5) is 36.0. The molecule has 0 saturated carbocycles. The fraction of sp³-hybridized carbons (Fsp3) is 0.471. The molecular weight excluding hydrogens is 312 g/mol. The highest BCUT2D eigenvalue weighted by Gasteiger charge is 2.15. The number of methoxy groups -OCH3 is 1. The normalized spacial score (nSPS) is 9.92. The molecule has 7 heteroatoms. The highest BCUT2D eigenvalue weighted by atomic mass is 16.5. The number of nitrogens with one attached hydrogen (secondary N) is 1. The van der Waals surface area contributed by atoms with Crippen LogP contribution in [-0.4, -0.2) is 56.0 Å². The van der Waals surface area contributed by atoms with Crippen molar-refractivity contribution in [1.82, 2.24) is 10.2 Å². The Labute approximate surface area is 141 Å². The van der Waals surface area contributed by atoms with Crippen molar-refractivity contribution in [1.29, 1.82) is 0 Å². The van der Waals surface area contributed by atoms with Crippen LogP contribution in [0.25, 0.3) is 0 Å². The van der Waals surface area contributed by atoms with Gasteiger partial charge in [-0.1, -0.05) is 18.2 Å². The highest BCUT2D eigenvalue weighted by Crippen LogP contribution is 2.09. The maximum atomic E-state index is 12.3. The van der Waals surface area contributed by atoms with E-state index in [1.54, 1.807) is 0 Å². The summed E-state index contributed by atoms with van der Waals surface area (Å²) in [6.07, 6.45) is 0.304. The second-order valence-electron chi connectivity index (χ2n) is 5.10. The molecule has 0 fully saturated rings. The molecule has 1 aromatic rings. The minimum absolute atomic E-state index is 0.113. The number of ether oxygens (including phenoxy) is 2. The number of esters is 1. The third kappa shape index (κ3) is 8.17. The summed E-state index contributed by atoms with van der Waals surface area (Å²) in [5.74, 6) is 0.0143. The first-order valence-corrected chi connectivity index (χ1v) is 7.79. The van der Waals surface area contributed by atoms with Crippen molar-refractivity contribution < 1.29 is 23.9 Å². The van der Waals surface area contributed by atoms with Gasteiger partial charge in [0.1, 0.15) is 5.75 Å². The van der Waals surface area contributed by atoms with Gasteiger partial charge in [-0.15, -0.1) is 0 Å². The molecule has 0 aliphatic heterocycles. The molecule has 0 radical (unpaired) electrons. The number of hydrogen-bond acceptors (Lipinski definition) is 5. The van der Waals surface area contributed by atoms with Crippen LogP contribution in [0.3, 0.4) is 0 Å². The Morgan fingerprint density at radius 3 is 2.42 bits per heavy atom. The van der Waals surface area contributed by atoms with Crippen molar-refractivity contribution in [3.8, 4) is 5.75 Å². The van der Waals surface area contributed by atoms with Crippen LogP contribution in [0, 0.1) is 0 Å². The topological polar surface area (TPSA) is 84.9 Å². The van der Waals surface area contributed by atoms with Crippen LogP contribution in [0.2, 0.25) is 0 Å². The number of amides is 2. The van der Waals surface area contributed by atoms with Crippen LogP contribution < -0.4 is 10.1 Å². The molecule has 2 amide bonds. The lowest BCUT2D eigenvalue weighted by Gasteiger charge is -2.22. The Morgan fingerprint density at radius 2 is 1.79 bits per heavy atom. The number of carbonyl (C=O) groups excluding carboxylic acids is 3. The van der Waals surface area contributed by atoms with Gasteiger partial charge in [-0.25, -0.2) is 0 Å². The molecule has 7 nitrogen and oxygen atoms in total. The predicted octanol–water partition coefficient (Wildman–Crippen LogP) is 0.983. The Morgan fingerprint density at radius 1 is 1.08 bits per heavy atom. The quantitative estimate of drug-likeness (QED) is 0.644. The Kier molecular flexibility index (Phi) is 8.96. The molecule has 0 spiro atoms. The first-order chi connectivity index (χ1) is 11.5. The molecular formula is C17H24N2O5. The van der Waals surface area contributed by atoms with Crippen LogP contribution in [0.1, 0.15) is 19.8 Å². The third-order valence-electron chi connectivity index (χ3n) is 3.25. The van der Waals surface area contributed by atoms with Crippen molar-refractivity contribution in [2.75, 3.05) is 33.4 Å².